The minimum Gasteiger partial charge on any atom is -0.239 e. The van der Waals surface area contributed by atoms with Crippen LogP contribution < -0.4 is 0 Å². The van der Waals surface area contributed by atoms with E-state index in [9.17, 15) is 4.39 Å². The molecule has 0 spiro atoms. The normalized spacial score (nSPS) is 4.50. The van der Waals surface area contributed by atoms with Crippen LogP contribution >= 0.6 is 15.9 Å². The van der Waals surface area contributed by atoms with Gasteiger partial charge in [-0.1, -0.05) is 23.4 Å². The quantitative estimate of drug-likeness (QED) is 0.438. The second-order valence-electron chi connectivity index (χ2n) is 0.101. The molecule has 0 aromatic rings. The highest BCUT2D eigenvalue weighted by Crippen LogP contribution is 1.72. The van der Waals surface area contributed by atoms with E-state index in [1.165, 1.54) is 0 Å². The molecule has 4 heavy (non-hydrogen) atoms. The fraction of sp³-hybridized carbons (Fsp3) is 1.00. The summed E-state index contributed by atoms with van der Waals surface area (Å²) in [5, 5.41) is 0. The first-order chi connectivity index (χ1) is 1.41. The molecular weight excluding hydrogens is 123 g/mol. The summed E-state index contributed by atoms with van der Waals surface area (Å²) in [6.07, 6.45) is 0. The molecule has 0 heterocycles. The van der Waals surface area contributed by atoms with Gasteiger partial charge in [0.25, 0.3) is 0 Å². The van der Waals surface area contributed by atoms with E-state index >= 15 is 0 Å². The van der Waals surface area contributed by atoms with Gasteiger partial charge in [0.05, 0.1) is 0 Å². The summed E-state index contributed by atoms with van der Waals surface area (Å²) in [6.45, 7) is 0. The van der Waals surface area contributed by atoms with Crippen LogP contribution in [0.5, 0.6) is 0 Å². The highest BCUT2D eigenvalue weighted by molar-refractivity contribution is 9.09. The third kappa shape index (κ3) is 28.5. The maximum Gasteiger partial charge on any atom is 0.144 e. The van der Waals surface area contributed by atoms with Crippen LogP contribution in [-0.4, -0.2) is 5.58 Å². The predicted octanol–water partition coefficient (Wildman–Crippen LogP) is 1.94. The van der Waals surface area contributed by atoms with Crippen LogP contribution in [0.15, 0.2) is 0 Å². The summed E-state index contributed by atoms with van der Waals surface area (Å²) in [7, 11) is 0. The molecule has 0 amide bonds. The Hall–Kier alpha value is 0.410. The lowest BCUT2D eigenvalue weighted by molar-refractivity contribution is 0.613. The van der Waals surface area contributed by atoms with Crippen LogP contribution in [0.4, 0.5) is 4.39 Å². The van der Waals surface area contributed by atoms with Crippen molar-refractivity contribution in [2.75, 3.05) is 5.58 Å². The van der Waals surface area contributed by atoms with E-state index in [-0.39, 0.29) is 7.43 Å². The minimum atomic E-state index is -0.438. The monoisotopic (exact) mass is 128 g/mol. The maximum absolute atomic E-state index is 10.2. The second kappa shape index (κ2) is 9.96. The molecule has 0 fully saturated rings. The highest BCUT2D eigenvalue weighted by atomic mass is 79.9. The molecule has 0 atom stereocenters. The molecule has 0 saturated heterocycles. The fourth-order valence-electron chi connectivity index (χ4n) is 0. The van der Waals surface area contributed by atoms with E-state index in [1.54, 1.807) is 0 Å². The largest absolute Gasteiger partial charge is 0.239 e. The van der Waals surface area contributed by atoms with Gasteiger partial charge in [0.15, 0.2) is 0 Å². The number of hydrogen-bond acceptors (Lipinski definition) is 0. The van der Waals surface area contributed by atoms with Crippen molar-refractivity contribution >= 4 is 15.9 Å². The zero-order valence-electron chi connectivity index (χ0n) is 1.46. The molecule has 0 aliphatic heterocycles. The second-order valence-corrected chi connectivity index (χ2v) is 0.525. The number of hydrogen-bond donors (Lipinski definition) is 0. The predicted molar refractivity (Wildman–Crippen MR) is 21.6 cm³/mol. The molecule has 0 bridgehead atoms. The Kier molecular flexibility index (Phi) is 22.0. The lowest BCUT2D eigenvalue weighted by Gasteiger charge is -1.43. The van der Waals surface area contributed by atoms with Crippen LogP contribution in [0.2, 0.25) is 0 Å². The molecule has 0 aliphatic carbocycles. The van der Waals surface area contributed by atoms with Gasteiger partial charge in [0.2, 0.25) is 0 Å². The van der Waals surface area contributed by atoms with E-state index in [4.69, 9.17) is 0 Å². The molecule has 0 nitrogen and oxygen atoms in total. The first-order valence-electron chi connectivity index (χ1n) is 0.535. The average molecular weight is 129 g/mol. The Bertz CT molecular complexity index is 6.00. The first kappa shape index (κ1) is 8.83. The van der Waals surface area contributed by atoms with E-state index in [0.717, 1.165) is 0 Å². The van der Waals surface area contributed by atoms with E-state index in [1.807, 2.05) is 0 Å². The summed E-state index contributed by atoms with van der Waals surface area (Å²) < 4.78 is 10.2. The average Bonchev–Trinajstić information content (AvgIpc) is 0.918. The van der Waals surface area contributed by atoms with Gasteiger partial charge in [-0.15, -0.1) is 0 Å². The third-order valence-corrected chi connectivity index (χ3v) is 0. The van der Waals surface area contributed by atoms with Crippen LogP contribution in [-0.2, 0) is 0 Å². The molecule has 0 N–H and O–H groups in total. The van der Waals surface area contributed by atoms with E-state index in [0.29, 0.717) is 0 Å². The lowest BCUT2D eigenvalue weighted by atomic mass is 11.9. The minimum absolute atomic E-state index is 0. The van der Waals surface area contributed by atoms with Gasteiger partial charge in [-0.3, -0.25) is 0 Å². The Morgan fingerprint density at radius 1 is 1.75 bits per heavy atom. The number of halogens is 2. The molecule has 2 heteroatoms. The number of alkyl halides is 2. The summed E-state index contributed by atoms with van der Waals surface area (Å²) in [4.78, 5) is 0. The molecule has 0 aromatic heterocycles. The third-order valence-electron chi connectivity index (χ3n) is 0. The first-order valence-corrected chi connectivity index (χ1v) is 1.66. The Balaban J connectivity index is 0. The van der Waals surface area contributed by atoms with Gasteiger partial charge in [-0.25, -0.2) is 4.39 Å². The summed E-state index contributed by atoms with van der Waals surface area (Å²) in [5.41, 5.74) is -0.438. The van der Waals surface area contributed by atoms with Gasteiger partial charge in [0.1, 0.15) is 5.58 Å². The van der Waals surface area contributed by atoms with E-state index < -0.39 is 5.58 Å². The van der Waals surface area contributed by atoms with Crippen molar-refractivity contribution in [3.05, 3.63) is 0 Å². The molecular formula is C2H6BrF. The lowest BCUT2D eigenvalue weighted by Crippen LogP contribution is -1.27. The summed E-state index contributed by atoms with van der Waals surface area (Å²) in [5.74, 6) is 0. The van der Waals surface area contributed by atoms with Crippen molar-refractivity contribution in [3.63, 3.8) is 0 Å². The highest BCUT2D eigenvalue weighted by Gasteiger charge is 1.42. The van der Waals surface area contributed by atoms with Crippen molar-refractivity contribution in [1.82, 2.24) is 0 Å². The number of rotatable bonds is 0. The zero-order chi connectivity index (χ0) is 2.71. The van der Waals surface area contributed by atoms with Crippen LogP contribution in [0, 0.1) is 0 Å². The smallest absolute Gasteiger partial charge is 0.144 e. The molecule has 0 rings (SSSR count). The van der Waals surface area contributed by atoms with Gasteiger partial charge in [0, 0.05) is 0 Å². The van der Waals surface area contributed by atoms with Gasteiger partial charge < -0.3 is 0 Å². The molecule has 0 unspecified atom stereocenters. The molecule has 0 aliphatic rings. The van der Waals surface area contributed by atoms with Gasteiger partial charge in [-0.05, 0) is 0 Å². The standard InChI is InChI=1S/CH2BrF.CH4/c2-1-3;/h1H2;1H4. The Morgan fingerprint density at radius 3 is 1.75 bits per heavy atom. The molecule has 0 saturated carbocycles. The molecule has 0 radical (unpaired) electrons. The topological polar surface area (TPSA) is 0 Å². The van der Waals surface area contributed by atoms with Crippen LogP contribution in [0.25, 0.3) is 0 Å². The van der Waals surface area contributed by atoms with Crippen LogP contribution in [0.1, 0.15) is 7.43 Å². The van der Waals surface area contributed by atoms with Crippen molar-refractivity contribution in [3.8, 4) is 0 Å². The fourth-order valence-corrected chi connectivity index (χ4v) is 0. The van der Waals surface area contributed by atoms with Crippen molar-refractivity contribution in [1.29, 1.82) is 0 Å². The Morgan fingerprint density at radius 2 is 1.75 bits per heavy atom. The van der Waals surface area contributed by atoms with Crippen molar-refractivity contribution < 1.29 is 4.39 Å². The maximum atomic E-state index is 10.2. The van der Waals surface area contributed by atoms with Crippen molar-refractivity contribution in [2.45, 2.75) is 7.43 Å². The SMILES string of the molecule is C.FCBr. The molecule has 0 aromatic carbocycles. The van der Waals surface area contributed by atoms with Gasteiger partial charge >= 0.3 is 0 Å². The summed E-state index contributed by atoms with van der Waals surface area (Å²) >= 11 is 2.48. The zero-order valence-corrected chi connectivity index (χ0v) is 3.05. The van der Waals surface area contributed by atoms with E-state index in [2.05, 4.69) is 15.9 Å². The van der Waals surface area contributed by atoms with Crippen molar-refractivity contribution in [2.24, 2.45) is 0 Å². The van der Waals surface area contributed by atoms with Crippen LogP contribution in [0.3, 0.4) is 0 Å². The summed E-state index contributed by atoms with van der Waals surface area (Å²) in [6, 6.07) is 0. The van der Waals surface area contributed by atoms with Gasteiger partial charge in [-0.2, -0.15) is 0 Å². The Labute approximate surface area is 34.1 Å². The molecule has 28 valence electrons.